The Bertz CT molecular complexity index is 996. The number of carbonyl (C=O) groups is 1. The van der Waals surface area contributed by atoms with Crippen molar-refractivity contribution in [3.8, 4) is 11.4 Å². The number of hydrogen-bond donors (Lipinski definition) is 1. The second kappa shape index (κ2) is 11.0. The molecular weight excluding hydrogens is 394 g/mol. The van der Waals surface area contributed by atoms with E-state index in [2.05, 4.69) is 24.1 Å². The lowest BCUT2D eigenvalue weighted by molar-refractivity contribution is -0.136. The lowest BCUT2D eigenvalue weighted by Gasteiger charge is -2.11. The van der Waals surface area contributed by atoms with Gasteiger partial charge in [-0.05, 0) is 53.8 Å². The van der Waals surface area contributed by atoms with E-state index < -0.39 is 5.97 Å². The first-order valence-electron chi connectivity index (χ1n) is 10.2. The Balaban J connectivity index is 1.56. The normalized spacial score (nSPS) is 11.5. The van der Waals surface area contributed by atoms with E-state index >= 15 is 0 Å². The van der Waals surface area contributed by atoms with Crippen molar-refractivity contribution in [2.75, 3.05) is 13.2 Å². The Morgan fingerprint density at radius 2 is 1.94 bits per heavy atom. The molecule has 0 aliphatic carbocycles. The van der Waals surface area contributed by atoms with Gasteiger partial charge in [0.15, 0.2) is 6.61 Å². The smallest absolute Gasteiger partial charge is 0.307 e. The summed E-state index contributed by atoms with van der Waals surface area (Å²) < 4.78 is 7.46. The van der Waals surface area contributed by atoms with E-state index in [0.29, 0.717) is 23.8 Å². The summed E-state index contributed by atoms with van der Waals surface area (Å²) in [5, 5.41) is 17.5. The SMILES string of the molecule is CC(C)C/C(=N\OCCOc1cccc(CC(=O)O)c1)c1ccc(-n2cccn2)cc1. The molecule has 3 rings (SSSR count). The maximum atomic E-state index is 10.8. The molecule has 3 aromatic rings. The van der Waals surface area contributed by atoms with Crippen LogP contribution in [0.2, 0.25) is 0 Å². The summed E-state index contributed by atoms with van der Waals surface area (Å²) in [6.07, 6.45) is 4.41. The fourth-order valence-corrected chi connectivity index (χ4v) is 3.06. The van der Waals surface area contributed by atoms with Crippen LogP contribution in [0.15, 0.2) is 72.1 Å². The Hall–Kier alpha value is -3.61. The predicted molar refractivity (Wildman–Crippen MR) is 119 cm³/mol. The molecule has 0 amide bonds. The number of nitrogens with zero attached hydrogens (tertiary/aromatic N) is 3. The van der Waals surface area contributed by atoms with E-state index in [9.17, 15) is 4.79 Å². The fourth-order valence-electron chi connectivity index (χ4n) is 3.06. The summed E-state index contributed by atoms with van der Waals surface area (Å²) in [6, 6.07) is 17.0. The molecule has 0 saturated heterocycles. The van der Waals surface area contributed by atoms with Gasteiger partial charge < -0.3 is 14.7 Å². The maximum Gasteiger partial charge on any atom is 0.307 e. The Morgan fingerprint density at radius 1 is 1.13 bits per heavy atom. The number of ether oxygens (including phenoxy) is 1. The van der Waals surface area contributed by atoms with Gasteiger partial charge in [-0.2, -0.15) is 5.10 Å². The molecule has 0 radical (unpaired) electrons. The van der Waals surface area contributed by atoms with Gasteiger partial charge in [-0.1, -0.05) is 43.3 Å². The molecule has 31 heavy (non-hydrogen) atoms. The quantitative estimate of drug-likeness (QED) is 0.283. The van der Waals surface area contributed by atoms with Crippen molar-refractivity contribution in [3.63, 3.8) is 0 Å². The lowest BCUT2D eigenvalue weighted by atomic mass is 10.0. The van der Waals surface area contributed by atoms with Gasteiger partial charge in [0.25, 0.3) is 0 Å². The van der Waals surface area contributed by atoms with Crippen LogP contribution in [-0.2, 0) is 16.1 Å². The highest BCUT2D eigenvalue weighted by atomic mass is 16.6. The predicted octanol–water partition coefficient (Wildman–Crippen LogP) is 4.35. The summed E-state index contributed by atoms with van der Waals surface area (Å²) in [4.78, 5) is 16.4. The van der Waals surface area contributed by atoms with Gasteiger partial charge in [0.05, 0.1) is 17.8 Å². The Labute approximate surface area is 181 Å². The van der Waals surface area contributed by atoms with Gasteiger partial charge in [-0.3, -0.25) is 4.79 Å². The standard InChI is InChI=1S/C24H27N3O4/c1-18(2)15-23(20-7-9-21(10-8-20)27-12-4-11-25-27)26-31-14-13-30-22-6-3-5-19(16-22)17-24(28)29/h3-12,16,18H,13-15,17H2,1-2H3,(H,28,29)/b26-23+. The van der Waals surface area contributed by atoms with Crippen molar-refractivity contribution in [2.45, 2.75) is 26.7 Å². The van der Waals surface area contributed by atoms with E-state index in [4.69, 9.17) is 14.7 Å². The maximum absolute atomic E-state index is 10.8. The van der Waals surface area contributed by atoms with Gasteiger partial charge in [0.2, 0.25) is 0 Å². The minimum atomic E-state index is -0.870. The average Bonchev–Trinajstić information content (AvgIpc) is 3.27. The minimum absolute atomic E-state index is 0.0320. The molecule has 0 fully saturated rings. The molecule has 0 bridgehead atoms. The highest BCUT2D eigenvalue weighted by Gasteiger charge is 2.09. The Morgan fingerprint density at radius 3 is 2.61 bits per heavy atom. The molecule has 0 aliphatic rings. The van der Waals surface area contributed by atoms with Crippen LogP contribution >= 0.6 is 0 Å². The number of aliphatic carboxylic acids is 1. The minimum Gasteiger partial charge on any atom is -0.490 e. The average molecular weight is 421 g/mol. The molecule has 0 atom stereocenters. The summed E-state index contributed by atoms with van der Waals surface area (Å²) >= 11 is 0. The van der Waals surface area contributed by atoms with Gasteiger partial charge in [-0.25, -0.2) is 4.68 Å². The molecule has 7 nitrogen and oxygen atoms in total. The van der Waals surface area contributed by atoms with Crippen molar-refractivity contribution in [1.82, 2.24) is 9.78 Å². The van der Waals surface area contributed by atoms with Gasteiger partial charge >= 0.3 is 5.97 Å². The third-order valence-electron chi connectivity index (χ3n) is 4.44. The number of carboxylic acids is 1. The number of benzene rings is 2. The highest BCUT2D eigenvalue weighted by molar-refractivity contribution is 6.00. The summed E-state index contributed by atoms with van der Waals surface area (Å²) in [7, 11) is 0. The van der Waals surface area contributed by atoms with E-state index in [0.717, 1.165) is 23.4 Å². The third-order valence-corrected chi connectivity index (χ3v) is 4.44. The van der Waals surface area contributed by atoms with Crippen LogP contribution in [0.4, 0.5) is 0 Å². The first kappa shape index (κ1) is 22.1. The van der Waals surface area contributed by atoms with Crippen molar-refractivity contribution < 1.29 is 19.5 Å². The summed E-state index contributed by atoms with van der Waals surface area (Å²) in [5.74, 6) is 0.175. The summed E-state index contributed by atoms with van der Waals surface area (Å²) in [6.45, 7) is 4.88. The largest absolute Gasteiger partial charge is 0.490 e. The van der Waals surface area contributed by atoms with E-state index in [-0.39, 0.29) is 13.0 Å². The van der Waals surface area contributed by atoms with E-state index in [1.165, 1.54) is 0 Å². The van der Waals surface area contributed by atoms with E-state index in [1.54, 1.807) is 30.5 Å². The fraction of sp³-hybridized carbons (Fsp3) is 0.292. The molecule has 7 heteroatoms. The number of hydrogen-bond acceptors (Lipinski definition) is 5. The van der Waals surface area contributed by atoms with Crippen LogP contribution in [0.1, 0.15) is 31.4 Å². The van der Waals surface area contributed by atoms with Crippen LogP contribution in [-0.4, -0.2) is 39.8 Å². The topological polar surface area (TPSA) is 85.9 Å². The molecular formula is C24H27N3O4. The lowest BCUT2D eigenvalue weighted by Crippen LogP contribution is -2.09. The zero-order chi connectivity index (χ0) is 22.1. The van der Waals surface area contributed by atoms with Crippen LogP contribution in [0, 0.1) is 5.92 Å². The van der Waals surface area contributed by atoms with Crippen LogP contribution in [0.5, 0.6) is 5.75 Å². The highest BCUT2D eigenvalue weighted by Crippen LogP contribution is 2.15. The van der Waals surface area contributed by atoms with Gasteiger partial charge in [-0.15, -0.1) is 0 Å². The van der Waals surface area contributed by atoms with Crippen molar-refractivity contribution in [3.05, 3.63) is 78.1 Å². The number of aromatic nitrogens is 2. The molecule has 1 N–H and O–H groups in total. The molecule has 1 aromatic heterocycles. The molecule has 0 aliphatic heterocycles. The van der Waals surface area contributed by atoms with Crippen LogP contribution in [0.3, 0.4) is 0 Å². The summed E-state index contributed by atoms with van der Waals surface area (Å²) in [5.41, 5.74) is 3.57. The number of oxime groups is 1. The Kier molecular flexibility index (Phi) is 7.81. The first-order valence-corrected chi connectivity index (χ1v) is 10.2. The third kappa shape index (κ3) is 6.99. The zero-order valence-corrected chi connectivity index (χ0v) is 17.8. The van der Waals surface area contributed by atoms with Gasteiger partial charge in [0, 0.05) is 12.4 Å². The van der Waals surface area contributed by atoms with E-state index in [1.807, 2.05) is 41.2 Å². The molecule has 2 aromatic carbocycles. The number of rotatable bonds is 11. The van der Waals surface area contributed by atoms with Crippen LogP contribution < -0.4 is 4.74 Å². The molecule has 0 unspecified atom stereocenters. The molecule has 1 heterocycles. The number of carboxylic acid groups (broad SMARTS) is 1. The van der Waals surface area contributed by atoms with Crippen molar-refractivity contribution in [1.29, 1.82) is 0 Å². The second-order valence-electron chi connectivity index (χ2n) is 7.53. The first-order chi connectivity index (χ1) is 15.0. The second-order valence-corrected chi connectivity index (χ2v) is 7.53. The molecule has 0 spiro atoms. The van der Waals surface area contributed by atoms with Crippen molar-refractivity contribution >= 4 is 11.7 Å². The zero-order valence-electron chi connectivity index (χ0n) is 17.8. The molecule has 0 saturated carbocycles. The monoisotopic (exact) mass is 421 g/mol. The van der Waals surface area contributed by atoms with Crippen LogP contribution in [0.25, 0.3) is 5.69 Å². The van der Waals surface area contributed by atoms with Gasteiger partial charge in [0.1, 0.15) is 12.4 Å². The van der Waals surface area contributed by atoms with Crippen molar-refractivity contribution in [2.24, 2.45) is 11.1 Å². The molecule has 162 valence electrons.